The third kappa shape index (κ3) is 4.98. The minimum Gasteiger partial charge on any atom is -0.371 e. The molecule has 1 saturated heterocycles. The maximum atomic E-state index is 12.5. The number of hydrogen-bond acceptors (Lipinski definition) is 4. The Hall–Kier alpha value is -3.12. The summed E-state index contributed by atoms with van der Waals surface area (Å²) < 4.78 is 0. The van der Waals surface area contributed by atoms with Gasteiger partial charge in [0.1, 0.15) is 0 Å². The van der Waals surface area contributed by atoms with E-state index in [1.807, 2.05) is 55.5 Å². The van der Waals surface area contributed by atoms with Crippen molar-refractivity contribution in [1.82, 2.24) is 10.8 Å². The van der Waals surface area contributed by atoms with Gasteiger partial charge in [-0.3, -0.25) is 14.8 Å². The highest BCUT2D eigenvalue weighted by Crippen LogP contribution is 2.25. The third-order valence-corrected chi connectivity index (χ3v) is 4.91. The van der Waals surface area contributed by atoms with Crippen LogP contribution in [0.3, 0.4) is 0 Å². The Labute approximate surface area is 164 Å². The lowest BCUT2D eigenvalue weighted by molar-refractivity contribution is -0.124. The Bertz CT molecular complexity index is 871. The van der Waals surface area contributed by atoms with Crippen LogP contribution < -0.4 is 15.7 Å². The fourth-order valence-corrected chi connectivity index (χ4v) is 3.44. The van der Waals surface area contributed by atoms with E-state index in [1.54, 1.807) is 11.6 Å². The van der Waals surface area contributed by atoms with E-state index in [2.05, 4.69) is 10.2 Å². The maximum Gasteiger partial charge on any atom is 0.267 e. The van der Waals surface area contributed by atoms with Gasteiger partial charge in [-0.05, 0) is 49.6 Å². The molecule has 1 aliphatic rings. The van der Waals surface area contributed by atoms with Gasteiger partial charge in [0.05, 0.1) is 0 Å². The lowest BCUT2D eigenvalue weighted by Crippen LogP contribution is -2.44. The lowest BCUT2D eigenvalue weighted by atomic mass is 10.0. The number of para-hydroxylation sites is 1. The van der Waals surface area contributed by atoms with Crippen molar-refractivity contribution in [3.05, 3.63) is 71.3 Å². The van der Waals surface area contributed by atoms with E-state index in [-0.39, 0.29) is 11.9 Å². The summed E-state index contributed by atoms with van der Waals surface area (Å²) >= 11 is 0. The monoisotopic (exact) mass is 379 g/mol. The molecule has 0 bridgehead atoms. The van der Waals surface area contributed by atoms with Crippen molar-refractivity contribution in [2.75, 3.05) is 18.0 Å². The molecule has 0 saturated carbocycles. The first-order valence-corrected chi connectivity index (χ1v) is 9.40. The summed E-state index contributed by atoms with van der Waals surface area (Å²) in [6, 6.07) is 15.6. The van der Waals surface area contributed by atoms with E-state index in [9.17, 15) is 9.59 Å². The van der Waals surface area contributed by atoms with Crippen LogP contribution in [0.15, 0.2) is 54.6 Å². The topological polar surface area (TPSA) is 81.7 Å². The molecule has 0 spiro atoms. The predicted octanol–water partition coefficient (Wildman–Crippen LogP) is 2.91. The molecule has 0 radical (unpaired) electrons. The highest BCUT2D eigenvalue weighted by Gasteiger charge is 2.22. The van der Waals surface area contributed by atoms with Crippen LogP contribution in [-0.4, -0.2) is 36.2 Å². The van der Waals surface area contributed by atoms with E-state index < -0.39 is 5.91 Å². The number of amides is 2. The first-order valence-electron chi connectivity index (χ1n) is 9.40. The summed E-state index contributed by atoms with van der Waals surface area (Å²) in [5.41, 5.74) is 5.31. The number of hydrogen-bond donors (Lipinski definition) is 3. The van der Waals surface area contributed by atoms with Crippen molar-refractivity contribution in [3.63, 3.8) is 0 Å². The van der Waals surface area contributed by atoms with Crippen molar-refractivity contribution in [2.45, 2.75) is 25.8 Å². The van der Waals surface area contributed by atoms with Crippen LogP contribution in [0.25, 0.3) is 6.08 Å². The Morgan fingerprint density at radius 3 is 2.57 bits per heavy atom. The summed E-state index contributed by atoms with van der Waals surface area (Å²) in [5.74, 6) is -0.590. The number of rotatable bonds is 5. The smallest absolute Gasteiger partial charge is 0.267 e. The number of anilines is 1. The summed E-state index contributed by atoms with van der Waals surface area (Å²) in [4.78, 5) is 26.0. The zero-order valence-electron chi connectivity index (χ0n) is 15.9. The molecular weight excluding hydrogens is 354 g/mol. The number of nitrogens with one attached hydrogen (secondary N) is 2. The van der Waals surface area contributed by atoms with E-state index in [1.165, 1.54) is 6.08 Å². The van der Waals surface area contributed by atoms with Crippen molar-refractivity contribution < 1.29 is 14.8 Å². The minimum atomic E-state index is -0.563. The molecule has 2 aromatic carbocycles. The van der Waals surface area contributed by atoms with Gasteiger partial charge in [0, 0.05) is 36.5 Å². The van der Waals surface area contributed by atoms with E-state index in [0.29, 0.717) is 5.56 Å². The van der Waals surface area contributed by atoms with E-state index in [4.69, 9.17) is 5.21 Å². The third-order valence-electron chi connectivity index (χ3n) is 4.91. The van der Waals surface area contributed by atoms with Gasteiger partial charge in [-0.1, -0.05) is 35.9 Å². The SMILES string of the molecule is Cc1cccc(C(=O)NC2CCN(c3ccccc3/C=C/C(=O)NO)CC2)c1. The normalized spacial score (nSPS) is 14.9. The van der Waals surface area contributed by atoms with Gasteiger partial charge >= 0.3 is 0 Å². The van der Waals surface area contributed by atoms with Gasteiger partial charge < -0.3 is 10.2 Å². The van der Waals surface area contributed by atoms with Crippen LogP contribution in [-0.2, 0) is 4.79 Å². The van der Waals surface area contributed by atoms with Gasteiger partial charge in [0.15, 0.2) is 0 Å². The van der Waals surface area contributed by atoms with Gasteiger partial charge in [0.25, 0.3) is 11.8 Å². The van der Waals surface area contributed by atoms with E-state index >= 15 is 0 Å². The Balaban J connectivity index is 1.61. The molecule has 0 aliphatic carbocycles. The average molecular weight is 379 g/mol. The van der Waals surface area contributed by atoms with Crippen molar-refractivity contribution >= 4 is 23.6 Å². The second-order valence-corrected chi connectivity index (χ2v) is 6.97. The molecule has 6 heteroatoms. The number of aryl methyl sites for hydroxylation is 1. The predicted molar refractivity (Wildman–Crippen MR) is 109 cm³/mol. The molecule has 146 valence electrons. The van der Waals surface area contributed by atoms with Crippen LogP contribution >= 0.6 is 0 Å². The average Bonchev–Trinajstić information content (AvgIpc) is 2.73. The highest BCUT2D eigenvalue weighted by atomic mass is 16.5. The second-order valence-electron chi connectivity index (χ2n) is 6.97. The largest absolute Gasteiger partial charge is 0.371 e. The fraction of sp³-hybridized carbons (Fsp3) is 0.273. The van der Waals surface area contributed by atoms with Crippen molar-refractivity contribution in [1.29, 1.82) is 0 Å². The molecule has 0 unspecified atom stereocenters. The van der Waals surface area contributed by atoms with E-state index in [0.717, 1.165) is 42.7 Å². The number of hydroxylamine groups is 1. The standard InChI is InChI=1S/C22H25N3O3/c1-16-5-4-7-18(15-16)22(27)23-19-11-13-25(14-12-19)20-8-3-2-6-17(20)9-10-21(26)24-28/h2-10,15,19,28H,11-14H2,1H3,(H,23,27)(H,24,26)/b10-9+. The molecule has 2 amide bonds. The molecule has 0 atom stereocenters. The second kappa shape index (κ2) is 9.19. The molecule has 0 aromatic heterocycles. The number of nitrogens with zero attached hydrogens (tertiary/aromatic N) is 1. The molecule has 1 heterocycles. The molecule has 28 heavy (non-hydrogen) atoms. The fourth-order valence-electron chi connectivity index (χ4n) is 3.44. The Morgan fingerprint density at radius 1 is 1.11 bits per heavy atom. The van der Waals surface area contributed by atoms with Crippen molar-refractivity contribution in [3.8, 4) is 0 Å². The quantitative estimate of drug-likeness (QED) is 0.424. The number of benzene rings is 2. The first-order chi connectivity index (χ1) is 13.6. The number of carbonyl (C=O) groups is 2. The highest BCUT2D eigenvalue weighted by molar-refractivity contribution is 5.94. The first kappa shape index (κ1) is 19.6. The summed E-state index contributed by atoms with van der Waals surface area (Å²) in [6.45, 7) is 3.61. The van der Waals surface area contributed by atoms with Crippen LogP contribution in [0.5, 0.6) is 0 Å². The maximum absolute atomic E-state index is 12.5. The number of carbonyl (C=O) groups excluding carboxylic acids is 2. The van der Waals surface area contributed by atoms with Gasteiger partial charge in [-0.15, -0.1) is 0 Å². The summed E-state index contributed by atoms with van der Waals surface area (Å²) in [7, 11) is 0. The van der Waals surface area contributed by atoms with Gasteiger partial charge in [0.2, 0.25) is 0 Å². The van der Waals surface area contributed by atoms with Crippen molar-refractivity contribution in [2.24, 2.45) is 0 Å². The van der Waals surface area contributed by atoms with Crippen LogP contribution in [0.4, 0.5) is 5.69 Å². The summed E-state index contributed by atoms with van der Waals surface area (Å²) in [6.07, 6.45) is 4.69. The van der Waals surface area contributed by atoms with Crippen LogP contribution in [0.2, 0.25) is 0 Å². The molecule has 1 aliphatic heterocycles. The summed E-state index contributed by atoms with van der Waals surface area (Å²) in [5, 5.41) is 11.8. The van der Waals surface area contributed by atoms with Crippen LogP contribution in [0, 0.1) is 6.92 Å². The minimum absolute atomic E-state index is 0.0273. The Kier molecular flexibility index (Phi) is 6.45. The molecule has 3 N–H and O–H groups in total. The van der Waals surface area contributed by atoms with Crippen LogP contribution in [0.1, 0.15) is 34.3 Å². The molecule has 6 nitrogen and oxygen atoms in total. The van der Waals surface area contributed by atoms with Gasteiger partial charge in [-0.2, -0.15) is 0 Å². The molecule has 2 aromatic rings. The lowest BCUT2D eigenvalue weighted by Gasteiger charge is -2.34. The molecular formula is C22H25N3O3. The Morgan fingerprint density at radius 2 is 1.86 bits per heavy atom. The molecule has 1 fully saturated rings. The molecule has 3 rings (SSSR count). The zero-order valence-corrected chi connectivity index (χ0v) is 15.9. The number of piperidine rings is 1. The zero-order chi connectivity index (χ0) is 19.9. The van der Waals surface area contributed by atoms with Gasteiger partial charge in [-0.25, -0.2) is 5.48 Å².